The van der Waals surface area contributed by atoms with Crippen LogP contribution in [0.4, 0.5) is 25.8 Å². The zero-order valence-corrected chi connectivity index (χ0v) is 39.9. The number of aryl methyl sites for hydroxylation is 2. The molecule has 1 heterocycles. The first-order valence-corrected chi connectivity index (χ1v) is 24.4. The fraction of sp³-hybridized carbons (Fsp3) is 0.0588. The monoisotopic (exact) mass is 931 g/mol. The van der Waals surface area contributed by atoms with Crippen LogP contribution in [-0.2, 0) is 10.8 Å². The van der Waals surface area contributed by atoms with Crippen LogP contribution in [0.3, 0.4) is 0 Å². The van der Waals surface area contributed by atoms with Crippen molar-refractivity contribution in [3.05, 3.63) is 304 Å². The lowest BCUT2D eigenvalue weighted by Crippen LogP contribution is -2.29. The van der Waals surface area contributed by atoms with E-state index in [0.29, 0.717) is 11.1 Å². The highest BCUT2D eigenvalue weighted by atomic mass is 19.1. The van der Waals surface area contributed by atoms with Gasteiger partial charge in [0.25, 0.3) is 0 Å². The number of para-hydroxylation sites is 1. The Balaban J connectivity index is 1.11. The van der Waals surface area contributed by atoms with Gasteiger partial charge in [0, 0.05) is 33.9 Å². The highest BCUT2D eigenvalue weighted by Gasteiger charge is 2.48. The van der Waals surface area contributed by atoms with Crippen molar-refractivity contribution in [1.29, 1.82) is 0 Å². The molecule has 0 fully saturated rings. The maximum Gasteiger partial charge on any atom is 0.137 e. The SMILES string of the molecule is C=Cc1ccc(C2(c3ccc(C)c(F)c3)c3ccccc3-c3ccc(N(c4ccc5c(c4)C(c4ccc(C=C)cc4)(c4ccc(C)c(F)c4)c4ccccc4-5)c4ccc5c(c4)oc4ccccc45)cc32)cc1. The second kappa shape index (κ2) is 16.4. The molecule has 2 nitrogen and oxygen atoms in total. The molecule has 0 radical (unpaired) electrons. The molecular weight excluding hydrogens is 885 g/mol. The zero-order chi connectivity index (χ0) is 48.9. The lowest BCUT2D eigenvalue weighted by atomic mass is 9.67. The van der Waals surface area contributed by atoms with Crippen molar-refractivity contribution in [3.8, 4) is 22.3 Å². The van der Waals surface area contributed by atoms with E-state index in [-0.39, 0.29) is 11.6 Å². The number of hydrogen-bond acceptors (Lipinski definition) is 2. The number of hydrogen-bond donors (Lipinski definition) is 0. The van der Waals surface area contributed by atoms with Crippen LogP contribution in [0.2, 0.25) is 0 Å². The summed E-state index contributed by atoms with van der Waals surface area (Å²) in [6, 6.07) is 73.5. The van der Waals surface area contributed by atoms with Crippen LogP contribution < -0.4 is 4.90 Å². The van der Waals surface area contributed by atoms with Crippen LogP contribution in [-0.4, -0.2) is 0 Å². The van der Waals surface area contributed by atoms with Crippen molar-refractivity contribution >= 4 is 51.2 Å². The molecule has 10 aromatic carbocycles. The summed E-state index contributed by atoms with van der Waals surface area (Å²) in [7, 11) is 0. The Morgan fingerprint density at radius 2 is 0.806 bits per heavy atom. The fourth-order valence-corrected chi connectivity index (χ4v) is 12.1. The summed E-state index contributed by atoms with van der Waals surface area (Å²) in [6.45, 7) is 11.7. The van der Waals surface area contributed by atoms with Gasteiger partial charge in [0.15, 0.2) is 0 Å². The lowest BCUT2D eigenvalue weighted by molar-refractivity contribution is 0.611. The molecule has 0 aliphatic heterocycles. The van der Waals surface area contributed by atoms with Gasteiger partial charge >= 0.3 is 0 Å². The predicted molar refractivity (Wildman–Crippen MR) is 293 cm³/mol. The standard InChI is InChI=1S/C68H47F2NO/c1-5-44-21-27-46(28-22-44)67(48-25-19-42(3)63(69)37-48)59-16-10-7-13-53(59)55-34-31-50(39-61(55)67)71(52-33-36-58-57-15-9-12-18-65(57)72-66(58)41-52)51-32-35-56-54-14-8-11-17-60(54)68(62(56)40-51,47-29-23-45(6-2)24-30-47)49-26-20-43(4)64(70)38-49/h5-41H,1-2H2,3-4H3. The van der Waals surface area contributed by atoms with Crippen LogP contribution in [0.5, 0.6) is 0 Å². The van der Waals surface area contributed by atoms with Gasteiger partial charge in [0.1, 0.15) is 22.8 Å². The normalized spacial score (nSPS) is 16.3. The van der Waals surface area contributed by atoms with Crippen molar-refractivity contribution in [3.63, 3.8) is 0 Å². The van der Waals surface area contributed by atoms with Gasteiger partial charge in [-0.1, -0.05) is 177 Å². The molecule has 2 aliphatic carbocycles. The summed E-state index contributed by atoms with van der Waals surface area (Å²) < 4.78 is 39.0. The third-order valence-corrected chi connectivity index (χ3v) is 15.6. The molecule has 2 aliphatic rings. The molecule has 11 aromatic rings. The molecule has 2 unspecified atom stereocenters. The average Bonchev–Trinajstić information content (AvgIpc) is 4.05. The van der Waals surface area contributed by atoms with E-state index in [1.807, 2.05) is 56.3 Å². The number of rotatable bonds is 9. The molecule has 0 bridgehead atoms. The Morgan fingerprint density at radius 3 is 1.31 bits per heavy atom. The van der Waals surface area contributed by atoms with Gasteiger partial charge in [-0.3, -0.25) is 0 Å². The summed E-state index contributed by atoms with van der Waals surface area (Å²) in [6.07, 6.45) is 3.70. The summed E-state index contributed by atoms with van der Waals surface area (Å²) in [4.78, 5) is 2.31. The Hall–Kier alpha value is -8.86. The second-order valence-corrected chi connectivity index (χ2v) is 19.2. The quantitative estimate of drug-likeness (QED) is 0.143. The molecule has 0 amide bonds. The van der Waals surface area contributed by atoms with Gasteiger partial charge in [-0.25, -0.2) is 8.78 Å². The molecule has 0 spiro atoms. The summed E-state index contributed by atoms with van der Waals surface area (Å²) in [5, 5.41) is 2.07. The predicted octanol–water partition coefficient (Wildman–Crippen LogP) is 18.0. The number of halogens is 2. The van der Waals surface area contributed by atoms with Gasteiger partial charge in [-0.2, -0.15) is 0 Å². The van der Waals surface area contributed by atoms with E-state index in [1.54, 1.807) is 12.1 Å². The van der Waals surface area contributed by atoms with Crippen LogP contribution in [0.25, 0.3) is 56.3 Å². The molecule has 0 N–H and O–H groups in total. The Kier molecular flexibility index (Phi) is 9.81. The minimum atomic E-state index is -0.896. The van der Waals surface area contributed by atoms with E-state index in [2.05, 4.69) is 188 Å². The van der Waals surface area contributed by atoms with Crippen LogP contribution in [0.1, 0.15) is 66.8 Å². The highest BCUT2D eigenvalue weighted by Crippen LogP contribution is 2.60. The first-order valence-electron chi connectivity index (χ1n) is 24.4. The van der Waals surface area contributed by atoms with E-state index in [9.17, 15) is 0 Å². The molecule has 72 heavy (non-hydrogen) atoms. The fourth-order valence-electron chi connectivity index (χ4n) is 12.1. The molecule has 4 heteroatoms. The van der Waals surface area contributed by atoms with Crippen LogP contribution in [0.15, 0.2) is 230 Å². The number of nitrogens with zero attached hydrogens (tertiary/aromatic N) is 1. The highest BCUT2D eigenvalue weighted by molar-refractivity contribution is 6.06. The molecule has 13 rings (SSSR count). The topological polar surface area (TPSA) is 16.4 Å². The number of furan rings is 1. The van der Waals surface area contributed by atoms with Crippen molar-refractivity contribution in [2.75, 3.05) is 4.90 Å². The molecule has 0 saturated carbocycles. The Bertz CT molecular complexity index is 3820. The number of benzene rings is 10. The van der Waals surface area contributed by atoms with Crippen LogP contribution in [0, 0.1) is 25.5 Å². The molecule has 0 saturated heterocycles. The summed E-state index contributed by atoms with van der Waals surface area (Å²) in [5.74, 6) is -0.514. The molecule has 2 atom stereocenters. The lowest BCUT2D eigenvalue weighted by Gasteiger charge is -2.36. The van der Waals surface area contributed by atoms with Gasteiger partial charge in [-0.05, 0) is 157 Å². The van der Waals surface area contributed by atoms with Crippen molar-refractivity contribution in [1.82, 2.24) is 0 Å². The maximum atomic E-state index is 16.2. The van der Waals surface area contributed by atoms with E-state index < -0.39 is 10.8 Å². The van der Waals surface area contributed by atoms with E-state index in [4.69, 9.17) is 4.42 Å². The third kappa shape index (κ3) is 6.18. The van der Waals surface area contributed by atoms with E-state index in [0.717, 1.165) is 117 Å². The number of anilines is 3. The molecular formula is C68H47F2NO. The van der Waals surface area contributed by atoms with Crippen molar-refractivity contribution in [2.24, 2.45) is 0 Å². The largest absolute Gasteiger partial charge is 0.456 e. The van der Waals surface area contributed by atoms with Gasteiger partial charge in [0.2, 0.25) is 0 Å². The van der Waals surface area contributed by atoms with E-state index in [1.165, 1.54) is 0 Å². The van der Waals surface area contributed by atoms with Gasteiger partial charge in [0.05, 0.1) is 10.8 Å². The summed E-state index contributed by atoms with van der Waals surface area (Å²) >= 11 is 0. The van der Waals surface area contributed by atoms with Crippen LogP contribution >= 0.6 is 0 Å². The Labute approximate surface area is 418 Å². The zero-order valence-electron chi connectivity index (χ0n) is 39.9. The first-order chi connectivity index (χ1) is 35.2. The number of fused-ring (bicyclic) bond motifs is 9. The minimum absolute atomic E-state index is 0.257. The van der Waals surface area contributed by atoms with Crippen molar-refractivity contribution < 1.29 is 13.2 Å². The van der Waals surface area contributed by atoms with Crippen molar-refractivity contribution in [2.45, 2.75) is 24.7 Å². The van der Waals surface area contributed by atoms with E-state index >= 15 is 8.78 Å². The smallest absolute Gasteiger partial charge is 0.137 e. The average molecular weight is 932 g/mol. The summed E-state index contributed by atoms with van der Waals surface area (Å²) in [5.41, 5.74) is 17.9. The minimum Gasteiger partial charge on any atom is -0.456 e. The van der Waals surface area contributed by atoms with Gasteiger partial charge in [-0.15, -0.1) is 0 Å². The third-order valence-electron chi connectivity index (χ3n) is 15.6. The van der Waals surface area contributed by atoms with Gasteiger partial charge < -0.3 is 9.32 Å². The Morgan fingerprint density at radius 1 is 0.389 bits per heavy atom. The first kappa shape index (κ1) is 43.2. The molecule has 344 valence electrons. The second-order valence-electron chi connectivity index (χ2n) is 19.2. The maximum absolute atomic E-state index is 16.2. The molecule has 1 aromatic heterocycles.